The van der Waals surface area contributed by atoms with E-state index in [0.717, 1.165) is 36.3 Å². The van der Waals surface area contributed by atoms with Crippen molar-refractivity contribution in [2.75, 3.05) is 43.1 Å². The van der Waals surface area contributed by atoms with Gasteiger partial charge in [-0.2, -0.15) is 15.2 Å². The molecule has 1 saturated heterocycles. The van der Waals surface area contributed by atoms with Crippen molar-refractivity contribution in [2.24, 2.45) is 0 Å². The molecule has 242 valence electrons. The van der Waals surface area contributed by atoms with Crippen molar-refractivity contribution in [3.63, 3.8) is 0 Å². The van der Waals surface area contributed by atoms with E-state index < -0.39 is 11.6 Å². The monoisotopic (exact) mass is 676 g/mol. The number of anilines is 3. The predicted molar refractivity (Wildman–Crippen MR) is 180 cm³/mol. The SMILES string of the molecule is CC(Oc1nc2c3c(c(Cl)c(-c4ccc(F)c5sc(N)c(C#N)c45)c(F)c3n1)OCCN2[C@H](C)c1cccnc1N)C1CCCN1C. The number of likely N-dealkylation sites (N-methyl/N-ethyl adjacent to an activating group) is 1. The van der Waals surface area contributed by atoms with Gasteiger partial charge in [0.25, 0.3) is 0 Å². The molecule has 47 heavy (non-hydrogen) atoms. The Morgan fingerprint density at radius 2 is 1.98 bits per heavy atom. The van der Waals surface area contributed by atoms with Crippen LogP contribution in [0.5, 0.6) is 11.8 Å². The molecule has 0 spiro atoms. The number of hydrogen-bond donors (Lipinski definition) is 2. The molecule has 0 bridgehead atoms. The van der Waals surface area contributed by atoms with E-state index in [1.54, 1.807) is 12.3 Å². The molecule has 5 aromatic rings. The fourth-order valence-corrected chi connectivity index (χ4v) is 8.11. The van der Waals surface area contributed by atoms with Crippen molar-refractivity contribution in [1.82, 2.24) is 19.9 Å². The molecule has 0 saturated carbocycles. The minimum atomic E-state index is -0.798. The summed E-state index contributed by atoms with van der Waals surface area (Å²) in [4.78, 5) is 17.9. The number of hydrogen-bond acceptors (Lipinski definition) is 11. The lowest BCUT2D eigenvalue weighted by Gasteiger charge is -2.31. The Bertz CT molecular complexity index is 2100. The summed E-state index contributed by atoms with van der Waals surface area (Å²) < 4.78 is 44.9. The predicted octanol–water partition coefficient (Wildman–Crippen LogP) is 6.70. The van der Waals surface area contributed by atoms with Gasteiger partial charge in [0, 0.05) is 28.8 Å². The topological polar surface area (TPSA) is 139 Å². The number of aromatic nitrogens is 3. The molecule has 2 aliphatic rings. The number of rotatable bonds is 6. The summed E-state index contributed by atoms with van der Waals surface area (Å²) in [5, 5.41) is 10.4. The van der Waals surface area contributed by atoms with E-state index >= 15 is 4.39 Å². The van der Waals surface area contributed by atoms with Crippen LogP contribution >= 0.6 is 22.9 Å². The molecule has 7 rings (SSSR count). The van der Waals surface area contributed by atoms with Gasteiger partial charge in [-0.3, -0.25) is 4.90 Å². The second kappa shape index (κ2) is 11.9. The highest BCUT2D eigenvalue weighted by Crippen LogP contribution is 2.51. The maximum atomic E-state index is 17.2. The molecular formula is C33H31ClF2N8O2S. The summed E-state index contributed by atoms with van der Waals surface area (Å²) in [7, 11) is 2.04. The molecule has 0 radical (unpaired) electrons. The first-order valence-corrected chi connectivity index (χ1v) is 16.4. The first kappa shape index (κ1) is 31.1. The smallest absolute Gasteiger partial charge is 0.319 e. The quantitative estimate of drug-likeness (QED) is 0.200. The number of fused-ring (bicyclic) bond motifs is 1. The van der Waals surface area contributed by atoms with Gasteiger partial charge in [0.15, 0.2) is 11.6 Å². The van der Waals surface area contributed by atoms with Crippen LogP contribution in [0.1, 0.15) is 43.9 Å². The number of benzene rings is 2. The van der Waals surface area contributed by atoms with Crippen molar-refractivity contribution >= 4 is 60.6 Å². The summed E-state index contributed by atoms with van der Waals surface area (Å²) in [6.07, 6.45) is 3.30. The average molecular weight is 677 g/mol. The van der Waals surface area contributed by atoms with E-state index in [1.165, 1.54) is 12.1 Å². The van der Waals surface area contributed by atoms with Crippen molar-refractivity contribution in [1.29, 1.82) is 5.26 Å². The van der Waals surface area contributed by atoms with Gasteiger partial charge in [0.2, 0.25) is 0 Å². The van der Waals surface area contributed by atoms with E-state index in [0.29, 0.717) is 18.2 Å². The van der Waals surface area contributed by atoms with Gasteiger partial charge in [0.1, 0.15) is 46.8 Å². The van der Waals surface area contributed by atoms with E-state index in [4.69, 9.17) is 37.5 Å². The van der Waals surface area contributed by atoms with E-state index in [1.807, 2.05) is 37.9 Å². The zero-order chi connectivity index (χ0) is 33.1. The van der Waals surface area contributed by atoms with Crippen LogP contribution in [0.15, 0.2) is 30.5 Å². The van der Waals surface area contributed by atoms with E-state index in [9.17, 15) is 9.65 Å². The minimum absolute atomic E-state index is 0.0153. The Kier molecular flexibility index (Phi) is 7.90. The van der Waals surface area contributed by atoms with Crippen LogP contribution in [0.3, 0.4) is 0 Å². The maximum Gasteiger partial charge on any atom is 0.319 e. The van der Waals surface area contributed by atoms with E-state index in [-0.39, 0.29) is 84.3 Å². The van der Waals surface area contributed by atoms with Gasteiger partial charge in [-0.05, 0) is 58.0 Å². The third kappa shape index (κ3) is 5.02. The highest BCUT2D eigenvalue weighted by Gasteiger charge is 2.35. The summed E-state index contributed by atoms with van der Waals surface area (Å²) in [5.74, 6) is -0.508. The lowest BCUT2D eigenvalue weighted by atomic mass is 9.96. The molecule has 2 unspecified atom stereocenters. The number of ether oxygens (including phenoxy) is 2. The zero-order valence-corrected chi connectivity index (χ0v) is 27.4. The number of halogens is 3. The largest absolute Gasteiger partial charge is 0.489 e. The fourth-order valence-electron chi connectivity index (χ4n) is 6.83. The Morgan fingerprint density at radius 1 is 1.17 bits per heavy atom. The molecule has 1 fully saturated rings. The van der Waals surface area contributed by atoms with Crippen molar-refractivity contribution < 1.29 is 18.3 Å². The number of nitrogens with zero attached hydrogens (tertiary/aromatic N) is 6. The number of nitriles is 1. The molecular weight excluding hydrogens is 646 g/mol. The molecule has 0 amide bonds. The van der Waals surface area contributed by atoms with Gasteiger partial charge < -0.3 is 25.8 Å². The lowest BCUT2D eigenvalue weighted by Crippen LogP contribution is -2.38. The summed E-state index contributed by atoms with van der Waals surface area (Å²) >= 11 is 7.95. The van der Waals surface area contributed by atoms with Crippen LogP contribution in [0.2, 0.25) is 5.02 Å². The Labute approximate surface area is 278 Å². The lowest BCUT2D eigenvalue weighted by molar-refractivity contribution is 0.112. The zero-order valence-electron chi connectivity index (χ0n) is 25.9. The highest BCUT2D eigenvalue weighted by atomic mass is 35.5. The number of pyridine rings is 1. The number of nitrogens with two attached hydrogens (primary N) is 2. The normalized spacial score (nSPS) is 17.8. The second-order valence-electron chi connectivity index (χ2n) is 11.8. The van der Waals surface area contributed by atoms with Gasteiger partial charge in [-0.15, -0.1) is 11.3 Å². The van der Waals surface area contributed by atoms with Crippen LogP contribution in [-0.4, -0.2) is 58.7 Å². The highest BCUT2D eigenvalue weighted by molar-refractivity contribution is 7.23. The van der Waals surface area contributed by atoms with Crippen molar-refractivity contribution in [2.45, 2.75) is 44.9 Å². The molecule has 0 aliphatic carbocycles. The number of likely N-dealkylation sites (tertiary alicyclic amines) is 1. The number of nitrogen functional groups attached to an aromatic ring is 2. The molecule has 2 aromatic carbocycles. The molecule has 14 heteroatoms. The second-order valence-corrected chi connectivity index (χ2v) is 13.3. The first-order chi connectivity index (χ1) is 22.6. The summed E-state index contributed by atoms with van der Waals surface area (Å²) in [5.41, 5.74) is 13.2. The standard InChI is InChI=1S/C33H31ClF2N8O2S/c1-15(17-6-4-10-40-30(17)38)44-12-13-45-28-24-27(41-33(42-32(24)44)46-16(2)21-7-5-11-43(21)3)26(36)23(25(28)34)18-8-9-20(35)29-22(18)19(14-37)31(39)47-29/h4,6,8-10,15-16,21H,5,7,11-13,39H2,1-3H3,(H2,38,40)/t15-,16?,21?/m1/s1. The van der Waals surface area contributed by atoms with Gasteiger partial charge in [-0.1, -0.05) is 23.7 Å². The maximum absolute atomic E-state index is 17.2. The van der Waals surface area contributed by atoms with Gasteiger partial charge in [-0.25, -0.2) is 13.8 Å². The Hall–Kier alpha value is -4.51. The number of thiophene rings is 1. The summed E-state index contributed by atoms with van der Waals surface area (Å²) in [6, 6.07) is 8.07. The Morgan fingerprint density at radius 3 is 2.70 bits per heavy atom. The van der Waals surface area contributed by atoms with Crippen LogP contribution in [0.4, 0.5) is 25.4 Å². The van der Waals surface area contributed by atoms with Crippen molar-refractivity contribution in [3.8, 4) is 29.0 Å². The molecule has 4 N–H and O–H groups in total. The molecule has 2 aliphatic heterocycles. The molecule has 3 atom stereocenters. The van der Waals surface area contributed by atoms with Crippen LogP contribution in [0.25, 0.3) is 32.1 Å². The third-order valence-corrected chi connectivity index (χ3v) is 10.6. The average Bonchev–Trinajstić information content (AvgIpc) is 3.58. The van der Waals surface area contributed by atoms with Crippen LogP contribution in [0, 0.1) is 23.0 Å². The van der Waals surface area contributed by atoms with Gasteiger partial charge in [0.05, 0.1) is 33.3 Å². The minimum Gasteiger partial charge on any atom is -0.489 e. The van der Waals surface area contributed by atoms with E-state index in [2.05, 4.69) is 14.9 Å². The third-order valence-electron chi connectivity index (χ3n) is 9.19. The van der Waals surface area contributed by atoms with Crippen LogP contribution in [-0.2, 0) is 0 Å². The molecule has 5 heterocycles. The first-order valence-electron chi connectivity index (χ1n) is 15.2. The molecule has 10 nitrogen and oxygen atoms in total. The molecule has 3 aromatic heterocycles. The van der Waals surface area contributed by atoms with Crippen LogP contribution < -0.4 is 25.8 Å². The summed E-state index contributed by atoms with van der Waals surface area (Å²) in [6.45, 7) is 5.35. The van der Waals surface area contributed by atoms with Crippen molar-refractivity contribution in [3.05, 3.63) is 58.2 Å². The van der Waals surface area contributed by atoms with Gasteiger partial charge >= 0.3 is 6.01 Å². The Balaban J connectivity index is 1.50. The fraction of sp³-hybridized carbons (Fsp3) is 0.333.